The number of carbonyl (C=O) groups is 1. The maximum Gasteiger partial charge on any atom is 0.342 e. The van der Waals surface area contributed by atoms with E-state index in [0.717, 1.165) is 18.1 Å². The van der Waals surface area contributed by atoms with Gasteiger partial charge in [0.1, 0.15) is 22.8 Å². The largest absolute Gasteiger partial charge is 0.508 e. The number of hydrogen-bond donors (Lipinski definition) is 3. The minimum Gasteiger partial charge on any atom is -0.508 e. The normalized spacial score (nSPS) is 16.9. The van der Waals surface area contributed by atoms with Gasteiger partial charge in [-0.2, -0.15) is 0 Å². The van der Waals surface area contributed by atoms with E-state index in [9.17, 15) is 15.0 Å². The van der Waals surface area contributed by atoms with Gasteiger partial charge in [0.2, 0.25) is 0 Å². The third-order valence-electron chi connectivity index (χ3n) is 3.82. The van der Waals surface area contributed by atoms with Crippen molar-refractivity contribution < 1.29 is 24.2 Å². The van der Waals surface area contributed by atoms with Gasteiger partial charge < -0.3 is 24.7 Å². The molecule has 0 saturated heterocycles. The molecule has 0 spiro atoms. The Labute approximate surface area is 139 Å². The Kier molecular flexibility index (Phi) is 4.74. The van der Waals surface area contributed by atoms with E-state index in [1.165, 1.54) is 12.3 Å². The molecule has 1 aliphatic rings. The fourth-order valence-electron chi connectivity index (χ4n) is 2.67. The topological polar surface area (TPSA) is 91.9 Å². The summed E-state index contributed by atoms with van der Waals surface area (Å²) >= 11 is 0. The number of phenols is 2. The Bertz CT molecular complexity index is 763. The van der Waals surface area contributed by atoms with E-state index < -0.39 is 5.97 Å². The van der Waals surface area contributed by atoms with Crippen molar-refractivity contribution in [3.8, 4) is 22.8 Å². The summed E-state index contributed by atoms with van der Waals surface area (Å²) in [6.45, 7) is 0.946. The highest BCUT2D eigenvalue weighted by Gasteiger charge is 2.24. The molecule has 2 aromatic rings. The number of nitrogens with one attached hydrogen (secondary N) is 1. The van der Waals surface area contributed by atoms with Crippen molar-refractivity contribution >= 4 is 5.97 Å². The van der Waals surface area contributed by atoms with Gasteiger partial charge in [-0.05, 0) is 37.6 Å². The number of hydrogen-bond acceptors (Lipinski definition) is 6. The van der Waals surface area contributed by atoms with Crippen LogP contribution in [-0.4, -0.2) is 29.3 Å². The minimum atomic E-state index is -0.635. The molecule has 1 aromatic heterocycles. The third-order valence-corrected chi connectivity index (χ3v) is 3.82. The SMILES string of the molecule is O=C1OCCC/C=C\NCCc2ccoc2-c2cc(O)cc(O)c21. The van der Waals surface area contributed by atoms with Crippen LogP contribution in [0.15, 0.2) is 41.2 Å². The fraction of sp³-hybridized carbons (Fsp3) is 0.278. The Morgan fingerprint density at radius 2 is 2.08 bits per heavy atom. The number of allylic oxidation sites excluding steroid dienone is 1. The van der Waals surface area contributed by atoms with Crippen LogP contribution in [0.1, 0.15) is 28.8 Å². The lowest BCUT2D eigenvalue weighted by Crippen LogP contribution is -2.12. The average molecular weight is 329 g/mol. The van der Waals surface area contributed by atoms with Crippen LogP contribution < -0.4 is 5.32 Å². The zero-order valence-electron chi connectivity index (χ0n) is 13.1. The number of esters is 1. The maximum absolute atomic E-state index is 12.4. The van der Waals surface area contributed by atoms with E-state index in [4.69, 9.17) is 9.15 Å². The summed E-state index contributed by atoms with van der Waals surface area (Å²) in [5, 5.41) is 23.2. The lowest BCUT2D eigenvalue weighted by Gasteiger charge is -2.12. The second-order valence-corrected chi connectivity index (χ2v) is 5.55. The molecule has 6 nitrogen and oxygen atoms in total. The molecule has 6 heteroatoms. The number of benzene rings is 1. The van der Waals surface area contributed by atoms with Crippen LogP contribution in [0.25, 0.3) is 11.3 Å². The molecule has 0 bridgehead atoms. The van der Waals surface area contributed by atoms with Gasteiger partial charge in [-0.3, -0.25) is 0 Å². The van der Waals surface area contributed by atoms with Crippen molar-refractivity contribution in [3.63, 3.8) is 0 Å². The monoisotopic (exact) mass is 329 g/mol. The molecule has 0 unspecified atom stereocenters. The van der Waals surface area contributed by atoms with Crippen LogP contribution in [0, 0.1) is 0 Å². The van der Waals surface area contributed by atoms with Crippen LogP contribution in [-0.2, 0) is 11.2 Å². The van der Waals surface area contributed by atoms with Gasteiger partial charge in [-0.1, -0.05) is 6.08 Å². The first-order valence-corrected chi connectivity index (χ1v) is 7.85. The van der Waals surface area contributed by atoms with E-state index in [-0.39, 0.29) is 23.7 Å². The molecular weight excluding hydrogens is 310 g/mol. The van der Waals surface area contributed by atoms with E-state index in [1.54, 1.807) is 0 Å². The van der Waals surface area contributed by atoms with Crippen LogP contribution in [0.4, 0.5) is 0 Å². The predicted molar refractivity (Wildman–Crippen MR) is 87.8 cm³/mol. The number of fused-ring (bicyclic) bond motifs is 3. The molecule has 0 atom stereocenters. The Hall–Kier alpha value is -2.89. The Morgan fingerprint density at radius 3 is 2.96 bits per heavy atom. The zero-order chi connectivity index (χ0) is 16.9. The van der Waals surface area contributed by atoms with E-state index in [1.807, 2.05) is 18.3 Å². The summed E-state index contributed by atoms with van der Waals surface area (Å²) in [5.41, 5.74) is 1.20. The van der Waals surface area contributed by atoms with Crippen molar-refractivity contribution in [1.82, 2.24) is 5.32 Å². The van der Waals surface area contributed by atoms with Gasteiger partial charge in [-0.25, -0.2) is 4.79 Å². The van der Waals surface area contributed by atoms with Crippen molar-refractivity contribution in [1.29, 1.82) is 0 Å². The first kappa shape index (κ1) is 16.0. The highest BCUT2D eigenvalue weighted by molar-refractivity contribution is 6.00. The van der Waals surface area contributed by atoms with Crippen molar-refractivity contribution in [3.05, 3.63) is 47.9 Å². The number of phenolic OH excluding ortho intramolecular Hbond substituents is 2. The summed E-state index contributed by atoms with van der Waals surface area (Å²) in [7, 11) is 0. The summed E-state index contributed by atoms with van der Waals surface area (Å²) < 4.78 is 10.8. The van der Waals surface area contributed by atoms with Gasteiger partial charge in [0, 0.05) is 23.7 Å². The van der Waals surface area contributed by atoms with E-state index in [2.05, 4.69) is 5.32 Å². The van der Waals surface area contributed by atoms with Crippen molar-refractivity contribution in [2.24, 2.45) is 0 Å². The van der Waals surface area contributed by atoms with Crippen molar-refractivity contribution in [2.75, 3.05) is 13.2 Å². The smallest absolute Gasteiger partial charge is 0.342 e. The molecule has 0 fully saturated rings. The van der Waals surface area contributed by atoms with Gasteiger partial charge in [0.15, 0.2) is 0 Å². The number of furan rings is 1. The molecule has 1 aliphatic heterocycles. The first-order valence-electron chi connectivity index (χ1n) is 7.85. The quantitative estimate of drug-likeness (QED) is 0.644. The number of carbonyl (C=O) groups excluding carboxylic acids is 1. The van der Waals surface area contributed by atoms with Crippen LogP contribution in [0.5, 0.6) is 11.5 Å². The molecule has 0 saturated carbocycles. The molecule has 126 valence electrons. The Morgan fingerprint density at radius 1 is 1.21 bits per heavy atom. The number of ether oxygens (including phenoxy) is 1. The predicted octanol–water partition coefficient (Wildman–Crippen LogP) is 2.95. The van der Waals surface area contributed by atoms with Crippen molar-refractivity contribution in [2.45, 2.75) is 19.3 Å². The lowest BCUT2D eigenvalue weighted by molar-refractivity contribution is 0.0499. The molecule has 0 amide bonds. The second-order valence-electron chi connectivity index (χ2n) is 5.55. The highest BCUT2D eigenvalue weighted by atomic mass is 16.5. The summed E-state index contributed by atoms with van der Waals surface area (Å²) in [6, 6.07) is 4.33. The zero-order valence-corrected chi connectivity index (χ0v) is 13.1. The van der Waals surface area contributed by atoms with Crippen LogP contribution in [0.2, 0.25) is 0 Å². The number of rotatable bonds is 0. The molecular formula is C18H19NO5. The lowest BCUT2D eigenvalue weighted by atomic mass is 9.99. The number of cyclic esters (lactones) is 1. The molecule has 0 aliphatic carbocycles. The molecule has 2 heterocycles. The first-order chi connectivity index (χ1) is 11.7. The maximum atomic E-state index is 12.4. The van der Waals surface area contributed by atoms with Gasteiger partial charge in [-0.15, -0.1) is 0 Å². The van der Waals surface area contributed by atoms with E-state index >= 15 is 0 Å². The van der Waals surface area contributed by atoms with Crippen LogP contribution >= 0.6 is 0 Å². The van der Waals surface area contributed by atoms with Gasteiger partial charge in [0.05, 0.1) is 12.9 Å². The van der Waals surface area contributed by atoms with Crippen LogP contribution in [0.3, 0.4) is 0 Å². The summed E-state index contributed by atoms with van der Waals surface area (Å²) in [5.74, 6) is -0.675. The van der Waals surface area contributed by atoms with E-state index in [0.29, 0.717) is 30.7 Å². The highest BCUT2D eigenvalue weighted by Crippen LogP contribution is 2.37. The molecule has 0 radical (unpaired) electrons. The third kappa shape index (κ3) is 3.37. The fourth-order valence-corrected chi connectivity index (χ4v) is 2.67. The second kappa shape index (κ2) is 7.12. The standard InChI is InChI=1S/C18H19NO5/c20-13-10-14-16(15(21)11-13)18(22)24-8-3-1-2-6-19-7-4-12-5-9-23-17(12)14/h2,5-6,9-11,19-21H,1,3-4,7-8H2/b6-2-. The molecule has 3 rings (SSSR count). The average Bonchev–Trinajstić information content (AvgIpc) is 3.00. The summed E-state index contributed by atoms with van der Waals surface area (Å²) in [4.78, 5) is 12.4. The molecule has 24 heavy (non-hydrogen) atoms. The summed E-state index contributed by atoms with van der Waals surface area (Å²) in [6.07, 6.45) is 7.53. The van der Waals surface area contributed by atoms with Gasteiger partial charge >= 0.3 is 5.97 Å². The van der Waals surface area contributed by atoms with Gasteiger partial charge in [0.25, 0.3) is 0 Å². The number of aromatic hydroxyl groups is 2. The molecule has 1 aromatic carbocycles. The Balaban J connectivity index is 2.07. The molecule has 3 N–H and O–H groups in total. The minimum absolute atomic E-state index is 0.00422.